The molecule has 1 atom stereocenters. The van der Waals surface area contributed by atoms with E-state index in [0.717, 1.165) is 17.1 Å². The Hall–Kier alpha value is -2.49. The number of benzene rings is 2. The van der Waals surface area contributed by atoms with Gasteiger partial charge in [-0.25, -0.2) is 0 Å². The molecule has 2 aromatic rings. The molecule has 0 aliphatic carbocycles. The van der Waals surface area contributed by atoms with Gasteiger partial charge in [0, 0.05) is 5.56 Å². The SMILES string of the molecule is Cc1ccc(C(=O)NC[C@@H]2COc3ccccc3O2)cc1. The molecule has 1 amide bonds. The number of rotatable bonds is 3. The van der Waals surface area contributed by atoms with E-state index in [4.69, 9.17) is 9.47 Å². The highest BCUT2D eigenvalue weighted by Crippen LogP contribution is 2.30. The van der Waals surface area contributed by atoms with E-state index in [9.17, 15) is 4.79 Å². The number of aryl methyl sites for hydroxylation is 1. The van der Waals surface area contributed by atoms with Crippen LogP contribution in [0, 0.1) is 6.92 Å². The Morgan fingerprint density at radius 1 is 1.14 bits per heavy atom. The fourth-order valence-corrected chi connectivity index (χ4v) is 2.18. The van der Waals surface area contributed by atoms with Crippen LogP contribution in [0.15, 0.2) is 48.5 Å². The van der Waals surface area contributed by atoms with Crippen LogP contribution in [0.3, 0.4) is 0 Å². The van der Waals surface area contributed by atoms with Gasteiger partial charge in [0.2, 0.25) is 0 Å². The number of hydrogen-bond acceptors (Lipinski definition) is 3. The molecule has 108 valence electrons. The summed E-state index contributed by atoms with van der Waals surface area (Å²) in [6, 6.07) is 15.0. The lowest BCUT2D eigenvalue weighted by molar-refractivity contribution is 0.0789. The van der Waals surface area contributed by atoms with Gasteiger partial charge in [-0.2, -0.15) is 0 Å². The van der Waals surface area contributed by atoms with E-state index in [1.807, 2.05) is 55.5 Å². The standard InChI is InChI=1S/C17H17NO3/c1-12-6-8-13(9-7-12)17(19)18-10-14-11-20-15-4-2-3-5-16(15)21-14/h2-9,14H,10-11H2,1H3,(H,18,19)/t14-/m1/s1. The van der Waals surface area contributed by atoms with Gasteiger partial charge in [0.1, 0.15) is 12.7 Å². The molecule has 1 N–H and O–H groups in total. The van der Waals surface area contributed by atoms with E-state index in [2.05, 4.69) is 5.32 Å². The average molecular weight is 283 g/mol. The summed E-state index contributed by atoms with van der Waals surface area (Å²) in [6.07, 6.45) is -0.172. The summed E-state index contributed by atoms with van der Waals surface area (Å²) in [6.45, 7) is 2.85. The van der Waals surface area contributed by atoms with Gasteiger partial charge in [0.05, 0.1) is 6.54 Å². The molecule has 0 aromatic heterocycles. The Morgan fingerprint density at radius 3 is 2.62 bits per heavy atom. The third-order valence-electron chi connectivity index (χ3n) is 3.37. The van der Waals surface area contributed by atoms with Gasteiger partial charge >= 0.3 is 0 Å². The molecule has 0 saturated carbocycles. The maximum absolute atomic E-state index is 12.0. The Kier molecular flexibility index (Phi) is 3.77. The largest absolute Gasteiger partial charge is 0.486 e. The fraction of sp³-hybridized carbons (Fsp3) is 0.235. The molecule has 0 fully saturated rings. The maximum Gasteiger partial charge on any atom is 0.251 e. The van der Waals surface area contributed by atoms with Crippen LogP contribution in [0.4, 0.5) is 0 Å². The number of carbonyl (C=O) groups is 1. The van der Waals surface area contributed by atoms with Crippen LogP contribution >= 0.6 is 0 Å². The number of para-hydroxylation sites is 2. The molecule has 0 spiro atoms. The monoisotopic (exact) mass is 283 g/mol. The first-order valence-corrected chi connectivity index (χ1v) is 6.96. The van der Waals surface area contributed by atoms with Crippen molar-refractivity contribution in [2.24, 2.45) is 0 Å². The summed E-state index contributed by atoms with van der Waals surface area (Å²) in [5.74, 6) is 1.37. The van der Waals surface area contributed by atoms with Crippen molar-refractivity contribution in [3.63, 3.8) is 0 Å². The van der Waals surface area contributed by atoms with Gasteiger partial charge in [-0.3, -0.25) is 4.79 Å². The third kappa shape index (κ3) is 3.16. The lowest BCUT2D eigenvalue weighted by atomic mass is 10.1. The molecule has 4 heteroatoms. The highest BCUT2D eigenvalue weighted by atomic mass is 16.6. The molecule has 0 radical (unpaired) electrons. The van der Waals surface area contributed by atoms with E-state index >= 15 is 0 Å². The van der Waals surface area contributed by atoms with Gasteiger partial charge in [0.15, 0.2) is 11.5 Å². The number of nitrogens with one attached hydrogen (secondary N) is 1. The lowest BCUT2D eigenvalue weighted by Crippen LogP contribution is -2.40. The van der Waals surface area contributed by atoms with E-state index in [-0.39, 0.29) is 12.0 Å². The van der Waals surface area contributed by atoms with Gasteiger partial charge in [0.25, 0.3) is 5.91 Å². The Labute approximate surface area is 123 Å². The number of ether oxygens (including phenoxy) is 2. The topological polar surface area (TPSA) is 47.6 Å². The van der Waals surface area contributed by atoms with Crippen molar-refractivity contribution in [2.75, 3.05) is 13.2 Å². The Morgan fingerprint density at radius 2 is 1.86 bits per heavy atom. The molecule has 0 unspecified atom stereocenters. The minimum absolute atomic E-state index is 0.0996. The molecule has 4 nitrogen and oxygen atoms in total. The van der Waals surface area contributed by atoms with Crippen LogP contribution in [0.2, 0.25) is 0 Å². The van der Waals surface area contributed by atoms with Crippen molar-refractivity contribution >= 4 is 5.91 Å². The van der Waals surface area contributed by atoms with Crippen molar-refractivity contribution in [2.45, 2.75) is 13.0 Å². The minimum atomic E-state index is -0.172. The molecule has 3 rings (SSSR count). The van der Waals surface area contributed by atoms with E-state index in [0.29, 0.717) is 18.7 Å². The molecular formula is C17H17NO3. The number of carbonyl (C=O) groups excluding carboxylic acids is 1. The second-order valence-electron chi connectivity index (χ2n) is 5.07. The normalized spacial score (nSPS) is 16.3. The molecule has 1 aliphatic heterocycles. The first-order chi connectivity index (χ1) is 10.2. The quantitative estimate of drug-likeness (QED) is 0.941. The second-order valence-corrected chi connectivity index (χ2v) is 5.07. The molecule has 1 aliphatic rings. The highest BCUT2D eigenvalue weighted by Gasteiger charge is 2.21. The first kappa shape index (κ1) is 13.5. The van der Waals surface area contributed by atoms with Crippen LogP contribution in [0.5, 0.6) is 11.5 Å². The molecule has 2 aromatic carbocycles. The third-order valence-corrected chi connectivity index (χ3v) is 3.37. The number of fused-ring (bicyclic) bond motifs is 1. The van der Waals surface area contributed by atoms with Crippen molar-refractivity contribution in [1.29, 1.82) is 0 Å². The second kappa shape index (κ2) is 5.87. The van der Waals surface area contributed by atoms with Crippen LogP contribution in [-0.4, -0.2) is 25.2 Å². The van der Waals surface area contributed by atoms with Crippen molar-refractivity contribution in [3.05, 3.63) is 59.7 Å². The van der Waals surface area contributed by atoms with Gasteiger partial charge in [-0.15, -0.1) is 0 Å². The number of amides is 1. The molecular weight excluding hydrogens is 266 g/mol. The summed E-state index contributed by atoms with van der Waals surface area (Å²) < 4.78 is 11.4. The van der Waals surface area contributed by atoms with E-state index in [1.54, 1.807) is 0 Å². The zero-order valence-electron chi connectivity index (χ0n) is 11.8. The first-order valence-electron chi connectivity index (χ1n) is 6.96. The smallest absolute Gasteiger partial charge is 0.251 e. The summed E-state index contributed by atoms with van der Waals surface area (Å²) in [4.78, 5) is 12.0. The van der Waals surface area contributed by atoms with E-state index < -0.39 is 0 Å². The van der Waals surface area contributed by atoms with Crippen LogP contribution in [0.25, 0.3) is 0 Å². The van der Waals surface area contributed by atoms with Crippen LogP contribution in [0.1, 0.15) is 15.9 Å². The Balaban J connectivity index is 1.56. The fourth-order valence-electron chi connectivity index (χ4n) is 2.18. The molecule has 0 saturated heterocycles. The molecule has 1 heterocycles. The van der Waals surface area contributed by atoms with Crippen LogP contribution < -0.4 is 14.8 Å². The average Bonchev–Trinajstić information content (AvgIpc) is 2.53. The van der Waals surface area contributed by atoms with E-state index in [1.165, 1.54) is 0 Å². The van der Waals surface area contributed by atoms with Gasteiger partial charge in [-0.05, 0) is 31.2 Å². The zero-order chi connectivity index (χ0) is 14.7. The van der Waals surface area contributed by atoms with Crippen molar-refractivity contribution < 1.29 is 14.3 Å². The highest BCUT2D eigenvalue weighted by molar-refractivity contribution is 5.94. The van der Waals surface area contributed by atoms with Crippen molar-refractivity contribution in [3.8, 4) is 11.5 Å². The van der Waals surface area contributed by atoms with Gasteiger partial charge < -0.3 is 14.8 Å². The lowest BCUT2D eigenvalue weighted by Gasteiger charge is -2.26. The molecule has 0 bridgehead atoms. The predicted octanol–water partition coefficient (Wildman–Crippen LogP) is 2.56. The summed E-state index contributed by atoms with van der Waals surface area (Å²) in [5, 5.41) is 2.87. The van der Waals surface area contributed by atoms with Crippen molar-refractivity contribution in [1.82, 2.24) is 5.32 Å². The zero-order valence-corrected chi connectivity index (χ0v) is 11.8. The Bertz CT molecular complexity index is 637. The summed E-state index contributed by atoms with van der Waals surface area (Å²) >= 11 is 0. The number of hydrogen-bond donors (Lipinski definition) is 1. The minimum Gasteiger partial charge on any atom is -0.486 e. The summed E-state index contributed by atoms with van der Waals surface area (Å²) in [7, 11) is 0. The molecule has 21 heavy (non-hydrogen) atoms. The summed E-state index contributed by atoms with van der Waals surface area (Å²) in [5.41, 5.74) is 1.78. The predicted molar refractivity (Wildman–Crippen MR) is 79.9 cm³/mol. The van der Waals surface area contributed by atoms with Crippen LogP contribution in [-0.2, 0) is 0 Å². The van der Waals surface area contributed by atoms with Gasteiger partial charge in [-0.1, -0.05) is 29.8 Å². The maximum atomic E-state index is 12.0.